The lowest BCUT2D eigenvalue weighted by Gasteiger charge is -2.48. The molecule has 1 amide bonds. The van der Waals surface area contributed by atoms with Crippen LogP contribution < -0.4 is 9.47 Å². The van der Waals surface area contributed by atoms with E-state index >= 15 is 0 Å². The largest absolute Gasteiger partial charge is 0.493 e. The SMILES string of the molecule is CCCN(C[C@]1(O)CC[C@H]2c3ccc(cc3)C[C@@H](O)CC/C(C)=C\CC[C@@]21CC(=O)c1ccccc1)C(=O)Cc1ccc(OC)c(OC)c1. The molecule has 0 unspecified atom stereocenters. The summed E-state index contributed by atoms with van der Waals surface area (Å²) < 4.78 is 10.9. The molecular formula is C42H53NO6. The van der Waals surface area contributed by atoms with Crippen LogP contribution in [0.2, 0.25) is 0 Å². The van der Waals surface area contributed by atoms with E-state index in [4.69, 9.17) is 9.47 Å². The summed E-state index contributed by atoms with van der Waals surface area (Å²) in [6.45, 7) is 4.79. The maximum absolute atomic E-state index is 14.2. The van der Waals surface area contributed by atoms with Gasteiger partial charge in [0.1, 0.15) is 0 Å². The molecule has 3 aromatic rings. The highest BCUT2D eigenvalue weighted by Gasteiger charge is 2.60. The number of ether oxygens (including phenoxy) is 2. The van der Waals surface area contributed by atoms with Gasteiger partial charge in [-0.1, -0.05) is 79.2 Å². The predicted octanol–water partition coefficient (Wildman–Crippen LogP) is 7.48. The van der Waals surface area contributed by atoms with Crippen molar-refractivity contribution in [2.75, 3.05) is 27.3 Å². The highest BCUT2D eigenvalue weighted by atomic mass is 16.5. The Balaban J connectivity index is 1.55. The fourth-order valence-corrected chi connectivity index (χ4v) is 8.24. The van der Waals surface area contributed by atoms with Crippen LogP contribution in [0.1, 0.15) is 98.2 Å². The molecule has 7 nitrogen and oxygen atoms in total. The highest BCUT2D eigenvalue weighted by molar-refractivity contribution is 5.96. The van der Waals surface area contributed by atoms with Crippen molar-refractivity contribution in [3.8, 4) is 11.5 Å². The summed E-state index contributed by atoms with van der Waals surface area (Å²) in [6, 6.07) is 23.3. The van der Waals surface area contributed by atoms with Gasteiger partial charge in [0, 0.05) is 30.5 Å². The van der Waals surface area contributed by atoms with E-state index in [1.165, 1.54) is 5.57 Å². The third-order valence-electron chi connectivity index (χ3n) is 10.9. The Labute approximate surface area is 292 Å². The van der Waals surface area contributed by atoms with Crippen LogP contribution >= 0.6 is 0 Å². The van der Waals surface area contributed by atoms with E-state index in [-0.39, 0.29) is 37.0 Å². The van der Waals surface area contributed by atoms with E-state index in [1.54, 1.807) is 14.2 Å². The Morgan fingerprint density at radius 2 is 1.67 bits per heavy atom. The lowest BCUT2D eigenvalue weighted by atomic mass is 9.61. The third kappa shape index (κ3) is 8.27. The number of carbonyl (C=O) groups is 2. The normalized spacial score (nSPS) is 25.1. The summed E-state index contributed by atoms with van der Waals surface area (Å²) in [5, 5.41) is 23.8. The highest BCUT2D eigenvalue weighted by Crippen LogP contribution is 2.60. The van der Waals surface area contributed by atoms with Crippen molar-refractivity contribution in [3.63, 3.8) is 0 Å². The first kappa shape index (κ1) is 36.3. The summed E-state index contributed by atoms with van der Waals surface area (Å²) in [4.78, 5) is 30.1. The number of allylic oxidation sites excluding steroid dienone is 2. The van der Waals surface area contributed by atoms with Crippen molar-refractivity contribution in [2.45, 2.75) is 95.7 Å². The zero-order chi connectivity index (χ0) is 35.0. The Kier molecular flexibility index (Phi) is 12.0. The van der Waals surface area contributed by atoms with Crippen LogP contribution in [-0.4, -0.2) is 65.8 Å². The number of fused-ring (bicyclic) bond motifs is 8. The number of methoxy groups -OCH3 is 2. The number of hydrogen-bond donors (Lipinski definition) is 2. The number of benzene rings is 3. The molecule has 2 N–H and O–H groups in total. The smallest absolute Gasteiger partial charge is 0.227 e. The number of hydrogen-bond acceptors (Lipinski definition) is 6. The van der Waals surface area contributed by atoms with Gasteiger partial charge in [-0.05, 0) is 93.0 Å². The van der Waals surface area contributed by atoms with Crippen molar-refractivity contribution >= 4 is 11.7 Å². The monoisotopic (exact) mass is 667 g/mol. The number of carbonyl (C=O) groups excluding carboxylic acids is 2. The van der Waals surface area contributed by atoms with Crippen molar-refractivity contribution in [1.82, 2.24) is 4.90 Å². The van der Waals surface area contributed by atoms with Gasteiger partial charge in [-0.2, -0.15) is 0 Å². The van der Waals surface area contributed by atoms with Crippen molar-refractivity contribution in [2.24, 2.45) is 5.41 Å². The summed E-state index contributed by atoms with van der Waals surface area (Å²) in [5.74, 6) is 1.00. The Hall–Kier alpha value is -3.94. The zero-order valence-electron chi connectivity index (χ0n) is 29.6. The molecule has 2 bridgehead atoms. The molecule has 1 fully saturated rings. The first-order chi connectivity index (χ1) is 23.6. The van der Waals surface area contributed by atoms with E-state index < -0.39 is 17.1 Å². The molecule has 49 heavy (non-hydrogen) atoms. The van der Waals surface area contributed by atoms with E-state index in [2.05, 4.69) is 37.3 Å². The molecule has 3 aliphatic carbocycles. The molecule has 6 rings (SSSR count). The van der Waals surface area contributed by atoms with Crippen LogP contribution in [-0.2, 0) is 17.6 Å². The van der Waals surface area contributed by atoms with Crippen molar-refractivity contribution < 1.29 is 29.3 Å². The van der Waals surface area contributed by atoms with Gasteiger partial charge in [-0.3, -0.25) is 9.59 Å². The van der Waals surface area contributed by atoms with Gasteiger partial charge in [0.2, 0.25) is 5.91 Å². The molecule has 0 spiro atoms. The Morgan fingerprint density at radius 3 is 2.37 bits per heavy atom. The summed E-state index contributed by atoms with van der Waals surface area (Å²) in [7, 11) is 3.16. The molecule has 3 aromatic carbocycles. The minimum atomic E-state index is -1.31. The number of Topliss-reactive ketones (excluding diaryl/α,β-unsaturated/α-hetero) is 1. The first-order valence-corrected chi connectivity index (χ1v) is 17.8. The molecule has 0 heterocycles. The Morgan fingerprint density at radius 1 is 0.939 bits per heavy atom. The van der Waals surface area contributed by atoms with Gasteiger partial charge in [-0.25, -0.2) is 0 Å². The maximum Gasteiger partial charge on any atom is 0.227 e. The number of ketones is 1. The van der Waals surface area contributed by atoms with Crippen LogP contribution in [0.3, 0.4) is 0 Å². The fourth-order valence-electron chi connectivity index (χ4n) is 8.24. The van der Waals surface area contributed by atoms with Gasteiger partial charge in [0.05, 0.1) is 32.3 Å². The van der Waals surface area contributed by atoms with E-state index in [9.17, 15) is 19.8 Å². The average Bonchev–Trinajstić information content (AvgIpc) is 3.38. The zero-order valence-corrected chi connectivity index (χ0v) is 29.6. The second-order valence-electron chi connectivity index (χ2n) is 14.2. The molecule has 3 aliphatic rings. The molecule has 262 valence electrons. The van der Waals surface area contributed by atoms with Gasteiger partial charge < -0.3 is 24.6 Å². The number of amides is 1. The molecule has 4 atom stereocenters. The van der Waals surface area contributed by atoms with Crippen LogP contribution in [0.5, 0.6) is 11.5 Å². The molecular weight excluding hydrogens is 614 g/mol. The average molecular weight is 668 g/mol. The van der Waals surface area contributed by atoms with Crippen LogP contribution in [0.15, 0.2) is 84.4 Å². The second-order valence-corrected chi connectivity index (χ2v) is 14.2. The summed E-state index contributed by atoms with van der Waals surface area (Å²) >= 11 is 0. The number of nitrogens with zero attached hydrogens (tertiary/aromatic N) is 1. The number of rotatable bonds is 11. The molecule has 0 aromatic heterocycles. The van der Waals surface area contributed by atoms with Crippen LogP contribution in [0.4, 0.5) is 0 Å². The summed E-state index contributed by atoms with van der Waals surface area (Å²) in [5.41, 5.74) is 2.67. The van der Waals surface area contributed by atoms with Gasteiger partial charge in [0.25, 0.3) is 0 Å². The van der Waals surface area contributed by atoms with Gasteiger partial charge in [-0.15, -0.1) is 0 Å². The second kappa shape index (κ2) is 16.2. The predicted molar refractivity (Wildman–Crippen MR) is 193 cm³/mol. The topological polar surface area (TPSA) is 96.3 Å². The number of aliphatic hydroxyl groups excluding tert-OH is 1. The van der Waals surface area contributed by atoms with E-state index in [0.29, 0.717) is 62.1 Å². The molecule has 0 saturated heterocycles. The van der Waals surface area contributed by atoms with Crippen molar-refractivity contribution in [1.29, 1.82) is 0 Å². The van der Waals surface area contributed by atoms with Crippen LogP contribution in [0.25, 0.3) is 0 Å². The van der Waals surface area contributed by atoms with Gasteiger partial charge >= 0.3 is 0 Å². The first-order valence-electron chi connectivity index (χ1n) is 17.8. The minimum Gasteiger partial charge on any atom is -0.493 e. The Bertz CT molecular complexity index is 1600. The van der Waals surface area contributed by atoms with E-state index in [0.717, 1.165) is 29.5 Å². The molecule has 0 radical (unpaired) electrons. The lowest BCUT2D eigenvalue weighted by Crippen LogP contribution is -2.56. The maximum atomic E-state index is 14.2. The lowest BCUT2D eigenvalue weighted by molar-refractivity contribution is -0.140. The van der Waals surface area contributed by atoms with Gasteiger partial charge in [0.15, 0.2) is 17.3 Å². The van der Waals surface area contributed by atoms with Crippen LogP contribution in [0, 0.1) is 5.41 Å². The standard InChI is InChI=1S/C42H53NO6/c1-5-24-43(40(46)27-32-16-20-38(48-3)39(26-32)49-4)29-42(47)23-21-36-33-17-14-31(15-18-33)25-35(44)19-13-30(2)10-9-22-41(36,42)28-37(45)34-11-7-6-8-12-34/h6-8,10-12,14-18,20,26,35-36,44,47H,5,9,13,19,21-25,27-29H2,1-4H3/b30-10-/t35-,36-,41+,42+/m0/s1. The van der Waals surface area contributed by atoms with E-state index in [1.807, 2.05) is 60.4 Å². The molecule has 7 heteroatoms. The third-order valence-corrected chi connectivity index (χ3v) is 10.9. The fraction of sp³-hybridized carbons (Fsp3) is 0.476. The minimum absolute atomic E-state index is 0.00572. The number of aliphatic hydroxyl groups is 2. The van der Waals surface area contributed by atoms with Crippen molar-refractivity contribution in [3.05, 3.63) is 107 Å². The summed E-state index contributed by atoms with van der Waals surface area (Å²) in [6.07, 6.45) is 7.41. The quantitative estimate of drug-likeness (QED) is 0.163. The molecule has 1 saturated carbocycles. The molecule has 0 aliphatic heterocycles.